The Morgan fingerprint density at radius 3 is 2.38 bits per heavy atom. The highest BCUT2D eigenvalue weighted by molar-refractivity contribution is 5.78. The van der Waals surface area contributed by atoms with Crippen molar-refractivity contribution >= 4 is 11.8 Å². The quantitative estimate of drug-likeness (QED) is 0.596. The van der Waals surface area contributed by atoms with Crippen LogP contribution in [0.2, 0.25) is 0 Å². The minimum absolute atomic E-state index is 0.00160. The van der Waals surface area contributed by atoms with Crippen LogP contribution in [0.5, 0.6) is 0 Å². The van der Waals surface area contributed by atoms with E-state index in [9.17, 15) is 9.59 Å². The van der Waals surface area contributed by atoms with Crippen molar-refractivity contribution in [2.45, 2.75) is 6.92 Å². The molecular weight excluding hydrogens is 208 g/mol. The zero-order valence-corrected chi connectivity index (χ0v) is 9.74. The smallest absolute Gasteiger partial charge is 0.234 e. The summed E-state index contributed by atoms with van der Waals surface area (Å²) < 4.78 is 0. The largest absolute Gasteiger partial charge is 0.354 e. The maximum Gasteiger partial charge on any atom is 0.234 e. The molecule has 0 saturated carbocycles. The molecule has 1 aliphatic rings. The monoisotopic (exact) mass is 228 g/mol. The number of amides is 2. The van der Waals surface area contributed by atoms with Crippen molar-refractivity contribution in [3.05, 3.63) is 0 Å². The van der Waals surface area contributed by atoms with Gasteiger partial charge in [-0.05, 0) is 0 Å². The summed E-state index contributed by atoms with van der Waals surface area (Å²) >= 11 is 0. The van der Waals surface area contributed by atoms with Crippen LogP contribution in [0.3, 0.4) is 0 Å². The molecule has 1 rings (SSSR count). The number of nitrogens with two attached hydrogens (primary N) is 1. The summed E-state index contributed by atoms with van der Waals surface area (Å²) in [5.74, 6) is 0.106. The molecule has 0 unspecified atom stereocenters. The zero-order chi connectivity index (χ0) is 12.0. The number of nitrogens with zero attached hydrogens (tertiary/aromatic N) is 2. The Labute approximate surface area is 95.8 Å². The number of hydrogen-bond donors (Lipinski definition) is 2. The van der Waals surface area contributed by atoms with Gasteiger partial charge in [0.1, 0.15) is 0 Å². The number of carbonyl (C=O) groups is 2. The van der Waals surface area contributed by atoms with Crippen LogP contribution >= 0.6 is 0 Å². The third-order valence-electron chi connectivity index (χ3n) is 2.65. The van der Waals surface area contributed by atoms with Gasteiger partial charge in [0.2, 0.25) is 11.8 Å². The fourth-order valence-electron chi connectivity index (χ4n) is 1.69. The number of piperazine rings is 1. The third-order valence-corrected chi connectivity index (χ3v) is 2.65. The van der Waals surface area contributed by atoms with E-state index in [-0.39, 0.29) is 11.8 Å². The van der Waals surface area contributed by atoms with Crippen molar-refractivity contribution in [3.63, 3.8) is 0 Å². The minimum atomic E-state index is 0.00160. The van der Waals surface area contributed by atoms with Crippen molar-refractivity contribution in [3.8, 4) is 0 Å². The van der Waals surface area contributed by atoms with E-state index < -0.39 is 0 Å². The highest BCUT2D eigenvalue weighted by Crippen LogP contribution is 2.01. The van der Waals surface area contributed by atoms with Gasteiger partial charge in [-0.25, -0.2) is 0 Å². The molecule has 0 aliphatic carbocycles. The summed E-state index contributed by atoms with van der Waals surface area (Å²) in [6, 6.07) is 0. The van der Waals surface area contributed by atoms with Gasteiger partial charge in [0, 0.05) is 46.2 Å². The number of carbonyl (C=O) groups excluding carboxylic acids is 2. The molecule has 0 spiro atoms. The fourth-order valence-corrected chi connectivity index (χ4v) is 1.69. The molecule has 16 heavy (non-hydrogen) atoms. The van der Waals surface area contributed by atoms with Crippen LogP contribution in [0, 0.1) is 0 Å². The minimum Gasteiger partial charge on any atom is -0.354 e. The SMILES string of the molecule is CC(=O)N1CCN(CC(=O)NCCN)CC1. The number of nitrogens with one attached hydrogen (secondary N) is 1. The first-order chi connectivity index (χ1) is 7.63. The molecule has 0 bridgehead atoms. The number of rotatable bonds is 4. The average molecular weight is 228 g/mol. The lowest BCUT2D eigenvalue weighted by atomic mass is 10.3. The Bertz CT molecular complexity index is 249. The highest BCUT2D eigenvalue weighted by Gasteiger charge is 2.19. The molecule has 3 N–H and O–H groups in total. The molecule has 1 heterocycles. The first-order valence-corrected chi connectivity index (χ1v) is 5.58. The van der Waals surface area contributed by atoms with E-state index in [4.69, 9.17) is 5.73 Å². The van der Waals surface area contributed by atoms with E-state index in [0.717, 1.165) is 13.1 Å². The van der Waals surface area contributed by atoms with Gasteiger partial charge in [-0.15, -0.1) is 0 Å². The Kier molecular flexibility index (Phi) is 5.21. The Hall–Kier alpha value is -1.14. The molecule has 6 nitrogen and oxygen atoms in total. The third kappa shape index (κ3) is 4.16. The highest BCUT2D eigenvalue weighted by atomic mass is 16.2. The summed E-state index contributed by atoms with van der Waals surface area (Å²) in [5, 5.41) is 2.73. The predicted octanol–water partition coefficient (Wildman–Crippen LogP) is -1.77. The topological polar surface area (TPSA) is 78.7 Å². The molecule has 0 aromatic heterocycles. The molecule has 0 aromatic carbocycles. The van der Waals surface area contributed by atoms with Crippen LogP contribution in [0.15, 0.2) is 0 Å². The lowest BCUT2D eigenvalue weighted by Crippen LogP contribution is -2.50. The van der Waals surface area contributed by atoms with E-state index in [1.807, 2.05) is 4.90 Å². The molecule has 0 radical (unpaired) electrons. The summed E-state index contributed by atoms with van der Waals surface area (Å²) in [7, 11) is 0. The van der Waals surface area contributed by atoms with E-state index >= 15 is 0 Å². The second kappa shape index (κ2) is 6.44. The first-order valence-electron chi connectivity index (χ1n) is 5.58. The fraction of sp³-hybridized carbons (Fsp3) is 0.800. The maximum absolute atomic E-state index is 11.4. The van der Waals surface area contributed by atoms with Gasteiger partial charge in [0.25, 0.3) is 0 Å². The van der Waals surface area contributed by atoms with Crippen LogP contribution in [-0.4, -0.2) is 67.4 Å². The summed E-state index contributed by atoms with van der Waals surface area (Å²) in [6.07, 6.45) is 0. The van der Waals surface area contributed by atoms with Gasteiger partial charge in [-0.3, -0.25) is 14.5 Å². The lowest BCUT2D eigenvalue weighted by molar-refractivity contribution is -0.131. The molecular formula is C10H20N4O2. The van der Waals surface area contributed by atoms with Gasteiger partial charge in [-0.1, -0.05) is 0 Å². The molecule has 0 aromatic rings. The van der Waals surface area contributed by atoms with Crippen LogP contribution in [0.25, 0.3) is 0 Å². The normalized spacial score (nSPS) is 17.2. The van der Waals surface area contributed by atoms with E-state index in [0.29, 0.717) is 32.7 Å². The molecule has 0 atom stereocenters. The second-order valence-electron chi connectivity index (χ2n) is 3.92. The zero-order valence-electron chi connectivity index (χ0n) is 9.74. The van der Waals surface area contributed by atoms with Crippen LogP contribution in [0.4, 0.5) is 0 Å². The van der Waals surface area contributed by atoms with Gasteiger partial charge < -0.3 is 16.0 Å². The maximum atomic E-state index is 11.4. The van der Waals surface area contributed by atoms with Gasteiger partial charge >= 0.3 is 0 Å². The Morgan fingerprint density at radius 2 is 1.88 bits per heavy atom. The van der Waals surface area contributed by atoms with Crippen molar-refractivity contribution in [2.24, 2.45) is 5.73 Å². The molecule has 1 aliphatic heterocycles. The van der Waals surface area contributed by atoms with Crippen LogP contribution in [-0.2, 0) is 9.59 Å². The first kappa shape index (κ1) is 12.9. The lowest BCUT2D eigenvalue weighted by Gasteiger charge is -2.33. The Balaban J connectivity index is 2.21. The molecule has 2 amide bonds. The van der Waals surface area contributed by atoms with Gasteiger partial charge in [0.05, 0.1) is 6.54 Å². The van der Waals surface area contributed by atoms with Crippen molar-refractivity contribution in [1.29, 1.82) is 0 Å². The van der Waals surface area contributed by atoms with Gasteiger partial charge in [0.15, 0.2) is 0 Å². The standard InChI is InChI=1S/C10H20N4O2/c1-9(15)14-6-4-13(5-7-14)8-10(16)12-3-2-11/h2-8,11H2,1H3,(H,12,16). The van der Waals surface area contributed by atoms with Crippen molar-refractivity contribution in [1.82, 2.24) is 15.1 Å². The van der Waals surface area contributed by atoms with Crippen molar-refractivity contribution < 1.29 is 9.59 Å². The summed E-state index contributed by atoms with van der Waals surface area (Å²) in [6.45, 7) is 5.88. The molecule has 1 fully saturated rings. The van der Waals surface area contributed by atoms with Crippen molar-refractivity contribution in [2.75, 3.05) is 45.8 Å². The van der Waals surface area contributed by atoms with E-state index in [2.05, 4.69) is 5.32 Å². The van der Waals surface area contributed by atoms with E-state index in [1.54, 1.807) is 11.8 Å². The average Bonchev–Trinajstić information content (AvgIpc) is 2.27. The molecule has 6 heteroatoms. The Morgan fingerprint density at radius 1 is 1.25 bits per heavy atom. The van der Waals surface area contributed by atoms with Gasteiger partial charge in [-0.2, -0.15) is 0 Å². The molecule has 1 saturated heterocycles. The summed E-state index contributed by atoms with van der Waals surface area (Å²) in [4.78, 5) is 26.3. The summed E-state index contributed by atoms with van der Waals surface area (Å²) in [5.41, 5.74) is 5.29. The second-order valence-corrected chi connectivity index (χ2v) is 3.92. The number of hydrogen-bond acceptors (Lipinski definition) is 4. The van der Waals surface area contributed by atoms with Crippen LogP contribution < -0.4 is 11.1 Å². The molecule has 92 valence electrons. The van der Waals surface area contributed by atoms with E-state index in [1.165, 1.54) is 0 Å². The predicted molar refractivity (Wildman–Crippen MR) is 60.8 cm³/mol. The van der Waals surface area contributed by atoms with Crippen LogP contribution in [0.1, 0.15) is 6.92 Å².